The molecule has 0 heterocycles. The summed E-state index contributed by atoms with van der Waals surface area (Å²) in [4.78, 5) is 0. The van der Waals surface area contributed by atoms with E-state index < -0.39 is 0 Å². The van der Waals surface area contributed by atoms with Crippen LogP contribution < -0.4 is 5.73 Å². The Morgan fingerprint density at radius 1 is 1.23 bits per heavy atom. The van der Waals surface area contributed by atoms with Gasteiger partial charge >= 0.3 is 0 Å². The second-order valence-electron chi connectivity index (χ2n) is 2.88. The fraction of sp³-hybridized carbons (Fsp3) is 0. The maximum atomic E-state index is 9.57. The van der Waals surface area contributed by atoms with Crippen molar-refractivity contribution in [2.24, 2.45) is 0 Å². The summed E-state index contributed by atoms with van der Waals surface area (Å²) in [6.45, 7) is 0. The second kappa shape index (κ2) is 2.92. The van der Waals surface area contributed by atoms with Crippen LogP contribution in [0.1, 0.15) is 0 Å². The minimum atomic E-state index is 0.268. The number of hydrogen-bond donors (Lipinski definition) is 2. The molecule has 0 saturated heterocycles. The Morgan fingerprint density at radius 2 is 2.00 bits per heavy atom. The normalized spacial score (nSPS) is 10.5. The minimum absolute atomic E-state index is 0.268. The van der Waals surface area contributed by atoms with Crippen molar-refractivity contribution in [3.63, 3.8) is 0 Å². The summed E-state index contributed by atoms with van der Waals surface area (Å²) in [5, 5.41) is 11.3. The molecule has 0 spiro atoms. The molecule has 0 radical (unpaired) electrons. The van der Waals surface area contributed by atoms with Gasteiger partial charge in [0.2, 0.25) is 0 Å². The van der Waals surface area contributed by atoms with Gasteiger partial charge in [-0.2, -0.15) is 0 Å². The van der Waals surface area contributed by atoms with Crippen LogP contribution in [-0.2, 0) is 0 Å². The van der Waals surface area contributed by atoms with Crippen LogP contribution in [0.3, 0.4) is 0 Å². The molecule has 66 valence electrons. The fourth-order valence-corrected chi connectivity index (χ4v) is 2.07. The first kappa shape index (κ1) is 8.38. The molecule has 2 rings (SSSR count). The predicted octanol–water partition coefficient (Wildman–Crippen LogP) is 2.89. The Morgan fingerprint density at radius 3 is 2.77 bits per heavy atom. The smallest absolute Gasteiger partial charge is 0.124 e. The zero-order valence-corrected chi connectivity index (χ0v) is 8.38. The maximum absolute atomic E-state index is 9.57. The second-order valence-corrected chi connectivity index (χ2v) is 3.73. The van der Waals surface area contributed by atoms with Gasteiger partial charge in [-0.15, -0.1) is 0 Å². The number of anilines is 1. The Bertz CT molecular complexity index is 468. The molecule has 0 aliphatic rings. The predicted molar refractivity (Wildman–Crippen MR) is 57.7 cm³/mol. The molecule has 0 aromatic heterocycles. The van der Waals surface area contributed by atoms with Gasteiger partial charge in [0, 0.05) is 15.5 Å². The van der Waals surface area contributed by atoms with E-state index in [4.69, 9.17) is 5.73 Å². The van der Waals surface area contributed by atoms with E-state index in [1.54, 1.807) is 18.2 Å². The molecule has 3 heteroatoms. The van der Waals surface area contributed by atoms with Crippen molar-refractivity contribution in [3.05, 3.63) is 34.8 Å². The number of rotatable bonds is 0. The van der Waals surface area contributed by atoms with Crippen LogP contribution in [0.4, 0.5) is 5.69 Å². The van der Waals surface area contributed by atoms with Crippen LogP contribution in [0.15, 0.2) is 34.8 Å². The van der Waals surface area contributed by atoms with E-state index in [0.717, 1.165) is 15.2 Å². The fourth-order valence-electron chi connectivity index (χ4n) is 1.38. The number of aromatic hydroxyl groups is 1. The SMILES string of the molecule is Nc1cc(Br)c2c(O)cccc2c1. The van der Waals surface area contributed by atoms with Gasteiger partial charge in [-0.1, -0.05) is 12.1 Å². The third-order valence-corrected chi connectivity index (χ3v) is 2.55. The molecular formula is C10H8BrNO. The summed E-state index contributed by atoms with van der Waals surface area (Å²) in [5.74, 6) is 0.268. The van der Waals surface area contributed by atoms with Crippen molar-refractivity contribution in [2.75, 3.05) is 5.73 Å². The highest BCUT2D eigenvalue weighted by molar-refractivity contribution is 9.10. The van der Waals surface area contributed by atoms with Crippen LogP contribution in [0.5, 0.6) is 5.75 Å². The van der Waals surface area contributed by atoms with E-state index >= 15 is 0 Å². The van der Waals surface area contributed by atoms with Crippen LogP contribution in [0.25, 0.3) is 10.8 Å². The summed E-state index contributed by atoms with van der Waals surface area (Å²) in [6, 6.07) is 8.98. The summed E-state index contributed by atoms with van der Waals surface area (Å²) in [6.07, 6.45) is 0. The lowest BCUT2D eigenvalue weighted by atomic mass is 10.1. The first-order chi connectivity index (χ1) is 6.18. The largest absolute Gasteiger partial charge is 0.507 e. The van der Waals surface area contributed by atoms with Crippen LogP contribution in [0.2, 0.25) is 0 Å². The van der Waals surface area contributed by atoms with Gasteiger partial charge in [0.15, 0.2) is 0 Å². The quantitative estimate of drug-likeness (QED) is 0.693. The molecule has 3 N–H and O–H groups in total. The third-order valence-electron chi connectivity index (χ3n) is 1.93. The van der Waals surface area contributed by atoms with Gasteiger partial charge in [-0.05, 0) is 39.5 Å². The minimum Gasteiger partial charge on any atom is -0.507 e. The van der Waals surface area contributed by atoms with Crippen molar-refractivity contribution in [3.8, 4) is 5.75 Å². The van der Waals surface area contributed by atoms with Crippen molar-refractivity contribution in [1.29, 1.82) is 0 Å². The number of benzene rings is 2. The van der Waals surface area contributed by atoms with Gasteiger partial charge in [0.1, 0.15) is 5.75 Å². The van der Waals surface area contributed by atoms with E-state index in [9.17, 15) is 5.11 Å². The number of nitrogen functional groups attached to an aromatic ring is 1. The molecule has 0 saturated carbocycles. The van der Waals surface area contributed by atoms with Crippen molar-refractivity contribution in [2.45, 2.75) is 0 Å². The van der Waals surface area contributed by atoms with Gasteiger partial charge in [-0.25, -0.2) is 0 Å². The Labute approximate surface area is 84.1 Å². The van der Waals surface area contributed by atoms with Crippen molar-refractivity contribution in [1.82, 2.24) is 0 Å². The van der Waals surface area contributed by atoms with E-state index in [0.29, 0.717) is 5.69 Å². The van der Waals surface area contributed by atoms with Crippen LogP contribution in [0, 0.1) is 0 Å². The highest BCUT2D eigenvalue weighted by atomic mass is 79.9. The molecule has 0 fully saturated rings. The number of nitrogens with two attached hydrogens (primary N) is 1. The van der Waals surface area contributed by atoms with Crippen LogP contribution in [-0.4, -0.2) is 5.11 Å². The van der Waals surface area contributed by atoms with Gasteiger partial charge in [0.25, 0.3) is 0 Å². The Kier molecular flexibility index (Phi) is 1.88. The number of fused-ring (bicyclic) bond motifs is 1. The number of phenolic OH excluding ortho intramolecular Hbond substituents is 1. The standard InChI is InChI=1S/C10H8BrNO/c11-8-5-7(12)4-6-2-1-3-9(13)10(6)8/h1-5,13H,12H2. The molecule has 0 unspecified atom stereocenters. The molecule has 0 bridgehead atoms. The summed E-state index contributed by atoms with van der Waals surface area (Å²) in [7, 11) is 0. The molecular weight excluding hydrogens is 230 g/mol. The number of phenols is 1. The summed E-state index contributed by atoms with van der Waals surface area (Å²) in [5.41, 5.74) is 6.35. The van der Waals surface area contributed by atoms with Gasteiger partial charge in [-0.3, -0.25) is 0 Å². The molecule has 0 atom stereocenters. The Balaban J connectivity index is 2.94. The zero-order chi connectivity index (χ0) is 9.42. The first-order valence-corrected chi connectivity index (χ1v) is 4.64. The van der Waals surface area contributed by atoms with Gasteiger partial charge < -0.3 is 10.8 Å². The van der Waals surface area contributed by atoms with E-state index in [1.165, 1.54) is 0 Å². The average molecular weight is 238 g/mol. The van der Waals surface area contributed by atoms with Crippen molar-refractivity contribution < 1.29 is 5.11 Å². The highest BCUT2D eigenvalue weighted by Crippen LogP contribution is 2.33. The summed E-state index contributed by atoms with van der Waals surface area (Å²) >= 11 is 3.36. The topological polar surface area (TPSA) is 46.2 Å². The molecule has 2 aromatic rings. The first-order valence-electron chi connectivity index (χ1n) is 3.85. The number of hydrogen-bond acceptors (Lipinski definition) is 2. The molecule has 0 aliphatic heterocycles. The monoisotopic (exact) mass is 237 g/mol. The van der Waals surface area contributed by atoms with E-state index in [1.807, 2.05) is 12.1 Å². The van der Waals surface area contributed by atoms with E-state index in [2.05, 4.69) is 15.9 Å². The summed E-state index contributed by atoms with van der Waals surface area (Å²) < 4.78 is 0.820. The molecule has 0 amide bonds. The molecule has 2 nitrogen and oxygen atoms in total. The molecule has 2 aromatic carbocycles. The van der Waals surface area contributed by atoms with E-state index in [-0.39, 0.29) is 5.75 Å². The molecule has 13 heavy (non-hydrogen) atoms. The highest BCUT2D eigenvalue weighted by Gasteiger charge is 2.03. The lowest BCUT2D eigenvalue weighted by Gasteiger charge is -2.04. The third kappa shape index (κ3) is 1.35. The lowest BCUT2D eigenvalue weighted by Crippen LogP contribution is -1.85. The average Bonchev–Trinajstić information content (AvgIpc) is 2.02. The van der Waals surface area contributed by atoms with Crippen LogP contribution >= 0.6 is 15.9 Å². The molecule has 0 aliphatic carbocycles. The maximum Gasteiger partial charge on any atom is 0.124 e. The lowest BCUT2D eigenvalue weighted by molar-refractivity contribution is 0.481. The Hall–Kier alpha value is -1.22. The van der Waals surface area contributed by atoms with Crippen molar-refractivity contribution >= 4 is 32.4 Å². The number of halogens is 1. The zero-order valence-electron chi connectivity index (χ0n) is 6.79. The van der Waals surface area contributed by atoms with Gasteiger partial charge in [0.05, 0.1) is 0 Å².